The molecule has 0 N–H and O–H groups in total. The highest BCUT2D eigenvalue weighted by molar-refractivity contribution is 9.10. The van der Waals surface area contributed by atoms with Crippen molar-refractivity contribution < 1.29 is 4.74 Å². The van der Waals surface area contributed by atoms with Crippen molar-refractivity contribution in [1.29, 1.82) is 0 Å². The first-order valence-corrected chi connectivity index (χ1v) is 8.50. The zero-order valence-electron chi connectivity index (χ0n) is 11.5. The van der Waals surface area contributed by atoms with Crippen molar-refractivity contribution in [3.05, 3.63) is 28.2 Å². The Kier molecular flexibility index (Phi) is 6.03. The van der Waals surface area contributed by atoms with Gasteiger partial charge in [-0.25, -0.2) is 0 Å². The maximum Gasteiger partial charge on any atom is 0.120 e. The van der Waals surface area contributed by atoms with Crippen molar-refractivity contribution in [2.75, 3.05) is 6.61 Å². The second kappa shape index (κ2) is 7.54. The van der Waals surface area contributed by atoms with Crippen molar-refractivity contribution in [3.8, 4) is 5.75 Å². The van der Waals surface area contributed by atoms with Gasteiger partial charge in [0.15, 0.2) is 0 Å². The minimum Gasteiger partial charge on any atom is -0.494 e. The van der Waals surface area contributed by atoms with Crippen LogP contribution in [0.2, 0.25) is 0 Å². The van der Waals surface area contributed by atoms with Crippen LogP contribution in [0.1, 0.15) is 56.4 Å². The molecule has 1 aliphatic rings. The molecule has 0 spiro atoms. The van der Waals surface area contributed by atoms with E-state index in [1.165, 1.54) is 37.7 Å². The summed E-state index contributed by atoms with van der Waals surface area (Å²) in [6.07, 6.45) is 7.93. The summed E-state index contributed by atoms with van der Waals surface area (Å²) < 4.78 is 6.55. The Hall–Kier alpha value is -0.210. The van der Waals surface area contributed by atoms with Gasteiger partial charge in [0.2, 0.25) is 0 Å². The highest BCUT2D eigenvalue weighted by Crippen LogP contribution is 2.37. The molecule has 1 fully saturated rings. The van der Waals surface area contributed by atoms with Crippen LogP contribution in [0.3, 0.4) is 0 Å². The molecule has 0 saturated heterocycles. The van der Waals surface area contributed by atoms with Crippen molar-refractivity contribution in [1.82, 2.24) is 0 Å². The number of alkyl halides is 1. The van der Waals surface area contributed by atoms with Crippen molar-refractivity contribution in [2.24, 2.45) is 5.92 Å². The largest absolute Gasteiger partial charge is 0.494 e. The van der Waals surface area contributed by atoms with Crippen molar-refractivity contribution in [2.45, 2.75) is 50.8 Å². The molecule has 0 heterocycles. The predicted octanol–water partition coefficient (Wildman–Crippen LogP) is 6.10. The van der Waals surface area contributed by atoms with E-state index >= 15 is 0 Å². The van der Waals surface area contributed by atoms with Crippen LogP contribution in [0.15, 0.2) is 22.7 Å². The second-order valence-corrected chi connectivity index (χ2v) is 6.69. The third-order valence-electron chi connectivity index (χ3n) is 3.92. The van der Waals surface area contributed by atoms with Gasteiger partial charge in [0.25, 0.3) is 0 Å². The number of ether oxygens (including phenoxy) is 1. The Morgan fingerprint density at radius 3 is 2.74 bits per heavy atom. The fourth-order valence-corrected chi connectivity index (χ4v) is 3.94. The lowest BCUT2D eigenvalue weighted by Crippen LogP contribution is -1.99. The van der Waals surface area contributed by atoms with Gasteiger partial charge in [-0.1, -0.05) is 47.7 Å². The molecule has 1 aromatic carbocycles. The molecular weight excluding hydrogens is 324 g/mol. The molecule has 1 aromatic rings. The molecular formula is C16H22BrClO. The first kappa shape index (κ1) is 15.2. The maximum absolute atomic E-state index is 6.55. The van der Waals surface area contributed by atoms with E-state index in [1.807, 2.05) is 19.1 Å². The van der Waals surface area contributed by atoms with E-state index in [9.17, 15) is 0 Å². The molecule has 1 unspecified atom stereocenters. The van der Waals surface area contributed by atoms with Crippen LogP contribution >= 0.6 is 27.5 Å². The van der Waals surface area contributed by atoms with E-state index in [2.05, 4.69) is 22.0 Å². The highest BCUT2D eigenvalue weighted by atomic mass is 79.9. The summed E-state index contributed by atoms with van der Waals surface area (Å²) in [5, 5.41) is 0.102. The normalized spacial score (nSPS) is 17.6. The molecule has 1 saturated carbocycles. The van der Waals surface area contributed by atoms with E-state index in [-0.39, 0.29) is 5.38 Å². The summed E-state index contributed by atoms with van der Waals surface area (Å²) in [6, 6.07) is 6.11. The number of hydrogen-bond donors (Lipinski definition) is 0. The summed E-state index contributed by atoms with van der Waals surface area (Å²) in [5.74, 6) is 1.81. The molecule has 0 aromatic heterocycles. The van der Waals surface area contributed by atoms with Gasteiger partial charge in [-0.05, 0) is 43.4 Å². The zero-order valence-corrected chi connectivity index (χ0v) is 13.8. The van der Waals surface area contributed by atoms with Crippen LogP contribution in [-0.4, -0.2) is 6.61 Å². The lowest BCUT2D eigenvalue weighted by atomic mass is 9.98. The van der Waals surface area contributed by atoms with Gasteiger partial charge in [-0.15, -0.1) is 11.6 Å². The van der Waals surface area contributed by atoms with Gasteiger partial charge in [0, 0.05) is 4.47 Å². The van der Waals surface area contributed by atoms with E-state index in [0.717, 1.165) is 22.6 Å². The molecule has 0 aliphatic heterocycles. The van der Waals surface area contributed by atoms with Gasteiger partial charge in [-0.2, -0.15) is 0 Å². The van der Waals surface area contributed by atoms with Crippen LogP contribution in [-0.2, 0) is 0 Å². The average molecular weight is 346 g/mol. The first-order valence-electron chi connectivity index (χ1n) is 7.27. The SMILES string of the molecule is CCOc1ccc(C(Cl)CCC2CCCC2)c(Br)c1. The van der Waals surface area contributed by atoms with Crippen molar-refractivity contribution in [3.63, 3.8) is 0 Å². The van der Waals surface area contributed by atoms with Gasteiger partial charge in [-0.3, -0.25) is 0 Å². The molecule has 1 nitrogen and oxygen atoms in total. The third-order valence-corrected chi connectivity index (χ3v) is 5.06. The van der Waals surface area contributed by atoms with Gasteiger partial charge < -0.3 is 4.74 Å². The maximum atomic E-state index is 6.55. The van der Waals surface area contributed by atoms with E-state index in [0.29, 0.717) is 6.61 Å². The second-order valence-electron chi connectivity index (χ2n) is 5.31. The van der Waals surface area contributed by atoms with Crippen LogP contribution in [0.5, 0.6) is 5.75 Å². The topological polar surface area (TPSA) is 9.23 Å². The Labute approximate surface area is 129 Å². The lowest BCUT2D eigenvalue weighted by Gasteiger charge is -2.15. The molecule has 0 amide bonds. The molecule has 106 valence electrons. The molecule has 19 heavy (non-hydrogen) atoms. The summed E-state index contributed by atoms with van der Waals surface area (Å²) in [7, 11) is 0. The fourth-order valence-electron chi connectivity index (χ4n) is 2.85. The Bertz CT molecular complexity index is 402. The van der Waals surface area contributed by atoms with E-state index in [1.54, 1.807) is 0 Å². The monoisotopic (exact) mass is 344 g/mol. The Balaban J connectivity index is 1.92. The standard InChI is InChI=1S/C16H22BrClO/c1-2-19-13-8-9-14(15(17)11-13)16(18)10-7-12-5-3-4-6-12/h8-9,11-12,16H,2-7,10H2,1H3. The highest BCUT2D eigenvalue weighted by Gasteiger charge is 2.18. The summed E-state index contributed by atoms with van der Waals surface area (Å²) >= 11 is 10.2. The predicted molar refractivity (Wildman–Crippen MR) is 85.1 cm³/mol. The molecule has 2 rings (SSSR count). The minimum absolute atomic E-state index is 0.102. The van der Waals surface area contributed by atoms with Gasteiger partial charge in [0.05, 0.1) is 12.0 Å². The lowest BCUT2D eigenvalue weighted by molar-refractivity contribution is 0.340. The van der Waals surface area contributed by atoms with Gasteiger partial charge in [0.1, 0.15) is 5.75 Å². The zero-order chi connectivity index (χ0) is 13.7. The van der Waals surface area contributed by atoms with Gasteiger partial charge >= 0.3 is 0 Å². The Morgan fingerprint density at radius 2 is 2.11 bits per heavy atom. The quantitative estimate of drug-likeness (QED) is 0.566. The smallest absolute Gasteiger partial charge is 0.120 e. The average Bonchev–Trinajstić information content (AvgIpc) is 2.89. The number of hydrogen-bond acceptors (Lipinski definition) is 1. The minimum atomic E-state index is 0.102. The molecule has 0 bridgehead atoms. The number of halogens is 2. The van der Waals surface area contributed by atoms with Crippen LogP contribution in [0.25, 0.3) is 0 Å². The van der Waals surface area contributed by atoms with E-state index in [4.69, 9.17) is 16.3 Å². The van der Waals surface area contributed by atoms with Crippen LogP contribution in [0.4, 0.5) is 0 Å². The van der Waals surface area contributed by atoms with Crippen molar-refractivity contribution >= 4 is 27.5 Å². The summed E-state index contributed by atoms with van der Waals surface area (Å²) in [6.45, 7) is 2.69. The number of rotatable bonds is 6. The molecule has 1 atom stereocenters. The summed E-state index contributed by atoms with van der Waals surface area (Å²) in [5.41, 5.74) is 1.18. The fraction of sp³-hybridized carbons (Fsp3) is 0.625. The Morgan fingerprint density at radius 1 is 1.37 bits per heavy atom. The summed E-state index contributed by atoms with van der Waals surface area (Å²) in [4.78, 5) is 0. The molecule has 0 radical (unpaired) electrons. The van der Waals surface area contributed by atoms with Crippen LogP contribution < -0.4 is 4.74 Å². The van der Waals surface area contributed by atoms with Crippen LogP contribution in [0, 0.1) is 5.92 Å². The molecule has 3 heteroatoms. The third kappa shape index (κ3) is 4.39. The first-order chi connectivity index (χ1) is 9.20. The van der Waals surface area contributed by atoms with E-state index < -0.39 is 0 Å². The number of benzene rings is 1. The molecule has 1 aliphatic carbocycles.